The van der Waals surface area contributed by atoms with Crippen LogP contribution in [0.3, 0.4) is 0 Å². The molecular weight excluding hydrogens is 262 g/mol. The molecule has 0 aliphatic carbocycles. The van der Waals surface area contributed by atoms with Gasteiger partial charge in [0.05, 0.1) is 17.6 Å². The molecule has 1 aromatic carbocycles. The van der Waals surface area contributed by atoms with Crippen LogP contribution in [0.4, 0.5) is 0 Å². The summed E-state index contributed by atoms with van der Waals surface area (Å²) in [6.45, 7) is 5.09. The number of hydrogen-bond donors (Lipinski definition) is 1. The van der Waals surface area contributed by atoms with E-state index < -0.39 is 9.84 Å². The van der Waals surface area contributed by atoms with E-state index in [1.165, 1.54) is 0 Å². The lowest BCUT2D eigenvalue weighted by atomic mass is 10.1. The summed E-state index contributed by atoms with van der Waals surface area (Å²) < 4.78 is 29.6. The maximum Gasteiger partial charge on any atom is 0.154 e. The molecule has 2 atom stereocenters. The molecule has 1 aliphatic heterocycles. The van der Waals surface area contributed by atoms with Crippen molar-refractivity contribution >= 4 is 9.84 Å². The molecule has 19 heavy (non-hydrogen) atoms. The van der Waals surface area contributed by atoms with Crippen molar-refractivity contribution in [2.24, 2.45) is 0 Å². The number of benzene rings is 1. The van der Waals surface area contributed by atoms with E-state index in [9.17, 15) is 8.42 Å². The molecule has 106 valence electrons. The second-order valence-electron chi connectivity index (χ2n) is 4.94. The Bertz CT molecular complexity index is 510. The summed E-state index contributed by atoms with van der Waals surface area (Å²) >= 11 is 0. The Hall–Kier alpha value is -1.07. The van der Waals surface area contributed by atoms with Gasteiger partial charge in [-0.25, -0.2) is 8.42 Å². The molecule has 1 fully saturated rings. The number of ether oxygens (including phenoxy) is 1. The summed E-state index contributed by atoms with van der Waals surface area (Å²) in [5.41, 5.74) is 1.00. The molecule has 1 aromatic rings. The standard InChI is InChI=1S/C14H21NO3S/c1-3-18-13-6-4-12(5-7-13)14-10-19(16,17)11(2)8-9-15-14/h4-7,11,14-15H,3,8-10H2,1-2H3. The molecule has 4 nitrogen and oxygen atoms in total. The van der Waals surface area contributed by atoms with Gasteiger partial charge < -0.3 is 10.1 Å². The normalized spacial score (nSPS) is 26.6. The van der Waals surface area contributed by atoms with Crippen LogP contribution in [0.1, 0.15) is 31.9 Å². The smallest absolute Gasteiger partial charge is 0.154 e. The Morgan fingerprint density at radius 1 is 1.32 bits per heavy atom. The van der Waals surface area contributed by atoms with Gasteiger partial charge in [0, 0.05) is 6.04 Å². The van der Waals surface area contributed by atoms with E-state index in [1.807, 2.05) is 31.2 Å². The molecule has 2 rings (SSSR count). The van der Waals surface area contributed by atoms with Crippen molar-refractivity contribution in [2.75, 3.05) is 18.9 Å². The summed E-state index contributed by atoms with van der Waals surface area (Å²) in [5, 5.41) is 3.06. The number of rotatable bonds is 3. The molecule has 0 radical (unpaired) electrons. The molecule has 0 saturated carbocycles. The fraction of sp³-hybridized carbons (Fsp3) is 0.571. The van der Waals surface area contributed by atoms with Crippen molar-refractivity contribution in [3.63, 3.8) is 0 Å². The average molecular weight is 283 g/mol. The van der Waals surface area contributed by atoms with Gasteiger partial charge in [0.2, 0.25) is 0 Å². The van der Waals surface area contributed by atoms with Crippen molar-refractivity contribution in [3.05, 3.63) is 29.8 Å². The Morgan fingerprint density at radius 2 is 2.00 bits per heavy atom. The second kappa shape index (κ2) is 5.92. The van der Waals surface area contributed by atoms with Gasteiger partial charge in [0.15, 0.2) is 9.84 Å². The minimum Gasteiger partial charge on any atom is -0.494 e. The summed E-state index contributed by atoms with van der Waals surface area (Å²) in [5.74, 6) is 0.985. The predicted octanol–water partition coefficient (Wildman–Crippen LogP) is 1.92. The monoisotopic (exact) mass is 283 g/mol. The van der Waals surface area contributed by atoms with Crippen LogP contribution in [0.2, 0.25) is 0 Å². The first kappa shape index (κ1) is 14.3. The Kier molecular flexibility index (Phi) is 4.47. The first-order valence-electron chi connectivity index (χ1n) is 6.70. The quantitative estimate of drug-likeness (QED) is 0.921. The van der Waals surface area contributed by atoms with E-state index in [-0.39, 0.29) is 17.0 Å². The number of sulfone groups is 1. The van der Waals surface area contributed by atoms with Crippen LogP contribution in [0, 0.1) is 0 Å². The van der Waals surface area contributed by atoms with E-state index in [0.717, 1.165) is 17.9 Å². The maximum absolute atomic E-state index is 12.1. The Labute approximate surface area is 115 Å². The molecule has 1 aliphatic rings. The van der Waals surface area contributed by atoms with E-state index >= 15 is 0 Å². The average Bonchev–Trinajstić information content (AvgIpc) is 2.51. The van der Waals surface area contributed by atoms with E-state index in [4.69, 9.17) is 4.74 Å². The molecule has 2 unspecified atom stereocenters. The molecule has 5 heteroatoms. The summed E-state index contributed by atoms with van der Waals surface area (Å²) in [7, 11) is -3.01. The van der Waals surface area contributed by atoms with Crippen LogP contribution in [0.25, 0.3) is 0 Å². The van der Waals surface area contributed by atoms with Gasteiger partial charge in [-0.1, -0.05) is 12.1 Å². The van der Waals surface area contributed by atoms with Gasteiger partial charge in [-0.2, -0.15) is 0 Å². The van der Waals surface area contributed by atoms with Gasteiger partial charge >= 0.3 is 0 Å². The van der Waals surface area contributed by atoms with Gasteiger partial charge in [-0.05, 0) is 44.5 Å². The lowest BCUT2D eigenvalue weighted by Gasteiger charge is -2.16. The van der Waals surface area contributed by atoms with Gasteiger partial charge in [0.1, 0.15) is 5.75 Å². The first-order valence-corrected chi connectivity index (χ1v) is 8.42. The lowest BCUT2D eigenvalue weighted by Crippen LogP contribution is -2.26. The lowest BCUT2D eigenvalue weighted by molar-refractivity contribution is 0.340. The zero-order chi connectivity index (χ0) is 13.9. The third-order valence-corrected chi connectivity index (χ3v) is 5.81. The third kappa shape index (κ3) is 3.48. The summed E-state index contributed by atoms with van der Waals surface area (Å²) in [6.07, 6.45) is 0.676. The topological polar surface area (TPSA) is 55.4 Å². The summed E-state index contributed by atoms with van der Waals surface area (Å²) in [4.78, 5) is 0. The van der Waals surface area contributed by atoms with Crippen LogP contribution < -0.4 is 10.1 Å². The van der Waals surface area contributed by atoms with Gasteiger partial charge in [0.25, 0.3) is 0 Å². The fourth-order valence-electron chi connectivity index (χ4n) is 2.27. The van der Waals surface area contributed by atoms with Crippen molar-refractivity contribution in [1.82, 2.24) is 5.32 Å². The van der Waals surface area contributed by atoms with Crippen LogP contribution in [0.15, 0.2) is 24.3 Å². The first-order chi connectivity index (χ1) is 9.03. The van der Waals surface area contributed by atoms with Crippen molar-refractivity contribution in [3.8, 4) is 5.75 Å². The van der Waals surface area contributed by atoms with Crippen LogP contribution in [-0.2, 0) is 9.84 Å². The van der Waals surface area contributed by atoms with Crippen LogP contribution >= 0.6 is 0 Å². The third-order valence-electron chi connectivity index (χ3n) is 3.55. The Morgan fingerprint density at radius 3 is 2.63 bits per heavy atom. The van der Waals surface area contributed by atoms with Gasteiger partial charge in [-0.3, -0.25) is 0 Å². The predicted molar refractivity (Wildman–Crippen MR) is 76.2 cm³/mol. The van der Waals surface area contributed by atoms with Crippen molar-refractivity contribution in [1.29, 1.82) is 0 Å². The largest absolute Gasteiger partial charge is 0.494 e. The fourth-order valence-corrected chi connectivity index (χ4v) is 3.85. The maximum atomic E-state index is 12.1. The van der Waals surface area contributed by atoms with Gasteiger partial charge in [-0.15, -0.1) is 0 Å². The van der Waals surface area contributed by atoms with Crippen LogP contribution in [0.5, 0.6) is 5.75 Å². The highest BCUT2D eigenvalue weighted by Crippen LogP contribution is 2.23. The molecule has 1 saturated heterocycles. The summed E-state index contributed by atoms with van der Waals surface area (Å²) in [6, 6.07) is 7.54. The minimum atomic E-state index is -3.01. The molecule has 0 bridgehead atoms. The van der Waals surface area contributed by atoms with Crippen LogP contribution in [-0.4, -0.2) is 32.6 Å². The minimum absolute atomic E-state index is 0.120. The van der Waals surface area contributed by atoms with E-state index in [1.54, 1.807) is 6.92 Å². The SMILES string of the molecule is CCOc1ccc(C2CS(=O)(=O)C(C)CCN2)cc1. The molecule has 1 N–H and O–H groups in total. The Balaban J connectivity index is 2.16. The number of hydrogen-bond acceptors (Lipinski definition) is 4. The molecular formula is C14H21NO3S. The molecule has 0 aromatic heterocycles. The molecule has 0 amide bonds. The van der Waals surface area contributed by atoms with Crippen molar-refractivity contribution < 1.29 is 13.2 Å². The highest BCUT2D eigenvalue weighted by atomic mass is 32.2. The number of nitrogens with one attached hydrogen (secondary N) is 1. The van der Waals surface area contributed by atoms with E-state index in [0.29, 0.717) is 13.0 Å². The second-order valence-corrected chi connectivity index (χ2v) is 7.40. The van der Waals surface area contributed by atoms with E-state index in [2.05, 4.69) is 5.32 Å². The zero-order valence-corrected chi connectivity index (χ0v) is 12.2. The molecule has 0 spiro atoms. The molecule has 1 heterocycles. The highest BCUT2D eigenvalue weighted by Gasteiger charge is 2.29. The van der Waals surface area contributed by atoms with Crippen molar-refractivity contribution in [2.45, 2.75) is 31.6 Å². The highest BCUT2D eigenvalue weighted by molar-refractivity contribution is 7.92. The zero-order valence-electron chi connectivity index (χ0n) is 11.4.